The lowest BCUT2D eigenvalue weighted by Gasteiger charge is -2.21. The summed E-state index contributed by atoms with van der Waals surface area (Å²) in [6.45, 7) is 5.94. The van der Waals surface area contributed by atoms with Gasteiger partial charge in [0, 0.05) is 26.3 Å². The quantitative estimate of drug-likeness (QED) is 0.602. The van der Waals surface area contributed by atoms with E-state index in [1.165, 1.54) is 5.56 Å². The van der Waals surface area contributed by atoms with Gasteiger partial charge in [-0.05, 0) is 38.3 Å². The summed E-state index contributed by atoms with van der Waals surface area (Å²) >= 11 is 0. The van der Waals surface area contributed by atoms with Crippen molar-refractivity contribution in [3.63, 3.8) is 0 Å². The Labute approximate surface area is 127 Å². The molecule has 118 valence electrons. The van der Waals surface area contributed by atoms with Crippen molar-refractivity contribution in [2.24, 2.45) is 0 Å². The van der Waals surface area contributed by atoms with Gasteiger partial charge in [0.05, 0.1) is 6.42 Å². The molecule has 0 aliphatic rings. The number of hydrogen-bond donors (Lipinski definition) is 1. The molecule has 0 bridgehead atoms. The van der Waals surface area contributed by atoms with Crippen LogP contribution in [0.4, 0.5) is 0 Å². The Bertz CT molecular complexity index is 381. The Balaban J connectivity index is 2.27. The zero-order valence-electron chi connectivity index (χ0n) is 13.0. The molecule has 0 unspecified atom stereocenters. The van der Waals surface area contributed by atoms with Crippen LogP contribution in [0.3, 0.4) is 0 Å². The first-order valence-corrected chi connectivity index (χ1v) is 7.78. The summed E-state index contributed by atoms with van der Waals surface area (Å²) in [4.78, 5) is 13.0. The van der Waals surface area contributed by atoms with Crippen molar-refractivity contribution >= 4 is 5.97 Å². The van der Waals surface area contributed by atoms with E-state index in [0.717, 1.165) is 45.6 Å². The second-order valence-electron chi connectivity index (χ2n) is 5.13. The van der Waals surface area contributed by atoms with Crippen LogP contribution in [-0.2, 0) is 16.0 Å². The number of rotatable bonds is 12. The molecule has 0 saturated heterocycles. The molecule has 0 spiro atoms. The lowest BCUT2D eigenvalue weighted by Crippen LogP contribution is -2.29. The van der Waals surface area contributed by atoms with Crippen LogP contribution < -0.4 is 0 Å². The summed E-state index contributed by atoms with van der Waals surface area (Å²) in [6, 6.07) is 10.4. The minimum Gasteiger partial charge on any atom is -0.481 e. The predicted molar refractivity (Wildman–Crippen MR) is 84.6 cm³/mol. The minimum absolute atomic E-state index is 0.208. The highest BCUT2D eigenvalue weighted by Crippen LogP contribution is 2.05. The van der Waals surface area contributed by atoms with Crippen LogP contribution in [0.5, 0.6) is 0 Å². The summed E-state index contributed by atoms with van der Waals surface area (Å²) in [5, 5.41) is 8.82. The van der Waals surface area contributed by atoms with Crippen molar-refractivity contribution < 1.29 is 14.6 Å². The maximum absolute atomic E-state index is 10.7. The summed E-state index contributed by atoms with van der Waals surface area (Å²) in [5.74, 6) is -0.729. The van der Waals surface area contributed by atoms with Gasteiger partial charge in [-0.3, -0.25) is 4.79 Å². The molecule has 1 rings (SSSR count). The van der Waals surface area contributed by atoms with Gasteiger partial charge in [-0.1, -0.05) is 30.3 Å². The van der Waals surface area contributed by atoms with E-state index in [-0.39, 0.29) is 6.42 Å². The van der Waals surface area contributed by atoms with Crippen molar-refractivity contribution in [3.05, 3.63) is 35.9 Å². The van der Waals surface area contributed by atoms with E-state index in [1.807, 2.05) is 13.0 Å². The number of carbonyl (C=O) groups is 1. The normalized spacial score (nSPS) is 11.0. The number of ether oxygens (including phenoxy) is 1. The highest BCUT2D eigenvalue weighted by atomic mass is 16.5. The second kappa shape index (κ2) is 11.3. The Morgan fingerprint density at radius 2 is 1.86 bits per heavy atom. The van der Waals surface area contributed by atoms with E-state index >= 15 is 0 Å². The molecule has 1 N–H and O–H groups in total. The number of nitrogens with zero attached hydrogens (tertiary/aromatic N) is 1. The minimum atomic E-state index is -0.729. The summed E-state index contributed by atoms with van der Waals surface area (Å²) in [7, 11) is 0. The average Bonchev–Trinajstić information content (AvgIpc) is 2.49. The van der Waals surface area contributed by atoms with E-state index in [0.29, 0.717) is 6.54 Å². The third kappa shape index (κ3) is 9.21. The topological polar surface area (TPSA) is 49.8 Å². The summed E-state index contributed by atoms with van der Waals surface area (Å²) < 4.78 is 5.34. The molecule has 0 atom stereocenters. The molecule has 0 heterocycles. The lowest BCUT2D eigenvalue weighted by atomic mass is 10.1. The highest BCUT2D eigenvalue weighted by Gasteiger charge is 2.07. The summed E-state index contributed by atoms with van der Waals surface area (Å²) in [5.41, 5.74) is 1.34. The third-order valence-electron chi connectivity index (χ3n) is 3.39. The number of carboxylic acid groups (broad SMARTS) is 1. The molecular formula is C17H27NO3. The van der Waals surface area contributed by atoms with Gasteiger partial charge >= 0.3 is 5.97 Å². The average molecular weight is 293 g/mol. The molecule has 0 aromatic heterocycles. The van der Waals surface area contributed by atoms with E-state index in [1.54, 1.807) is 0 Å². The molecule has 4 nitrogen and oxygen atoms in total. The highest BCUT2D eigenvalue weighted by molar-refractivity contribution is 5.66. The lowest BCUT2D eigenvalue weighted by molar-refractivity contribution is -0.137. The molecule has 0 radical (unpaired) electrons. The Morgan fingerprint density at radius 3 is 2.52 bits per heavy atom. The Kier molecular flexibility index (Phi) is 9.49. The van der Waals surface area contributed by atoms with Crippen molar-refractivity contribution in [2.75, 3.05) is 32.8 Å². The fourth-order valence-electron chi connectivity index (χ4n) is 2.28. The summed E-state index contributed by atoms with van der Waals surface area (Å²) in [6.07, 6.45) is 3.26. The molecule has 4 heteroatoms. The Hall–Kier alpha value is -1.39. The van der Waals surface area contributed by atoms with E-state index in [2.05, 4.69) is 29.2 Å². The van der Waals surface area contributed by atoms with Crippen molar-refractivity contribution in [3.8, 4) is 0 Å². The molecule has 0 aliphatic heterocycles. The van der Waals surface area contributed by atoms with Crippen LogP contribution in [-0.4, -0.2) is 48.8 Å². The monoisotopic (exact) mass is 293 g/mol. The molecule has 0 saturated carbocycles. The van der Waals surface area contributed by atoms with Crippen LogP contribution in [0, 0.1) is 0 Å². The fourth-order valence-corrected chi connectivity index (χ4v) is 2.28. The SMILES string of the molecule is CCOCCCN(CCCc1ccccc1)CCC(=O)O. The Morgan fingerprint density at radius 1 is 1.14 bits per heavy atom. The van der Waals surface area contributed by atoms with Crippen molar-refractivity contribution in [1.82, 2.24) is 4.90 Å². The van der Waals surface area contributed by atoms with Crippen LogP contribution in [0.15, 0.2) is 30.3 Å². The van der Waals surface area contributed by atoms with Gasteiger partial charge in [0.25, 0.3) is 0 Å². The van der Waals surface area contributed by atoms with Crippen LogP contribution >= 0.6 is 0 Å². The first-order chi connectivity index (χ1) is 10.2. The fraction of sp³-hybridized carbons (Fsp3) is 0.588. The second-order valence-corrected chi connectivity index (χ2v) is 5.13. The van der Waals surface area contributed by atoms with Gasteiger partial charge in [0.2, 0.25) is 0 Å². The maximum Gasteiger partial charge on any atom is 0.304 e. The number of hydrogen-bond acceptors (Lipinski definition) is 3. The zero-order valence-corrected chi connectivity index (χ0v) is 13.0. The van der Waals surface area contributed by atoms with Gasteiger partial charge in [-0.15, -0.1) is 0 Å². The van der Waals surface area contributed by atoms with E-state index < -0.39 is 5.97 Å². The van der Waals surface area contributed by atoms with Crippen LogP contribution in [0.1, 0.15) is 31.7 Å². The molecular weight excluding hydrogens is 266 g/mol. The molecule has 21 heavy (non-hydrogen) atoms. The van der Waals surface area contributed by atoms with Gasteiger partial charge < -0.3 is 14.7 Å². The van der Waals surface area contributed by atoms with Gasteiger partial charge in [0.1, 0.15) is 0 Å². The smallest absolute Gasteiger partial charge is 0.304 e. The molecule has 1 aromatic rings. The largest absolute Gasteiger partial charge is 0.481 e. The van der Waals surface area contributed by atoms with Gasteiger partial charge in [-0.25, -0.2) is 0 Å². The van der Waals surface area contributed by atoms with Crippen molar-refractivity contribution in [2.45, 2.75) is 32.6 Å². The number of aryl methyl sites for hydroxylation is 1. The first-order valence-electron chi connectivity index (χ1n) is 7.78. The van der Waals surface area contributed by atoms with Crippen LogP contribution in [0.2, 0.25) is 0 Å². The van der Waals surface area contributed by atoms with E-state index in [4.69, 9.17) is 9.84 Å². The van der Waals surface area contributed by atoms with E-state index in [9.17, 15) is 4.79 Å². The third-order valence-corrected chi connectivity index (χ3v) is 3.39. The maximum atomic E-state index is 10.7. The number of carboxylic acids is 1. The molecule has 0 aliphatic carbocycles. The molecule has 0 amide bonds. The molecule has 1 aromatic carbocycles. The predicted octanol–water partition coefficient (Wildman–Crippen LogP) is 2.82. The van der Waals surface area contributed by atoms with Gasteiger partial charge in [0.15, 0.2) is 0 Å². The van der Waals surface area contributed by atoms with Crippen molar-refractivity contribution in [1.29, 1.82) is 0 Å². The van der Waals surface area contributed by atoms with Crippen LogP contribution in [0.25, 0.3) is 0 Å². The van der Waals surface area contributed by atoms with Gasteiger partial charge in [-0.2, -0.15) is 0 Å². The standard InChI is InChI=1S/C17H27NO3/c1-2-21-15-7-13-18(14-11-17(19)20)12-6-10-16-8-4-3-5-9-16/h3-5,8-9H,2,6-7,10-15H2,1H3,(H,19,20). The number of benzene rings is 1. The molecule has 0 fully saturated rings. The number of aliphatic carboxylic acids is 1. The first kappa shape index (κ1) is 17.7. The zero-order chi connectivity index (χ0) is 15.3.